The molecule has 0 atom stereocenters. The average Bonchev–Trinajstić information content (AvgIpc) is 3.23. The fourth-order valence-electron chi connectivity index (χ4n) is 3.30. The van der Waals surface area contributed by atoms with Gasteiger partial charge in [-0.15, -0.1) is 21.5 Å². The van der Waals surface area contributed by atoms with Crippen molar-refractivity contribution in [3.8, 4) is 0 Å². The molecule has 0 radical (unpaired) electrons. The van der Waals surface area contributed by atoms with Crippen molar-refractivity contribution < 1.29 is 13.2 Å². The molecule has 0 saturated carbocycles. The Morgan fingerprint density at radius 3 is 2.64 bits per heavy atom. The topological polar surface area (TPSA) is 63.0 Å². The van der Waals surface area contributed by atoms with Crippen LogP contribution in [-0.2, 0) is 25.7 Å². The highest BCUT2D eigenvalue weighted by molar-refractivity contribution is 7.18. The summed E-state index contributed by atoms with van der Waals surface area (Å²) in [6, 6.07) is 2.10. The number of aromatic nitrogens is 5. The molecule has 0 unspecified atom stereocenters. The summed E-state index contributed by atoms with van der Waals surface area (Å²) in [5.74, 6) is 0.663. The number of fused-ring (bicyclic) bond motifs is 2. The monoisotopic (exact) mass is 411 g/mol. The highest BCUT2D eigenvalue weighted by Gasteiger charge is 2.39. The molecule has 0 fully saturated rings. The number of halogens is 3. The molecule has 0 saturated heterocycles. The maximum Gasteiger partial charge on any atom is 0.451 e. The van der Waals surface area contributed by atoms with Crippen LogP contribution in [0.15, 0.2) is 6.07 Å². The molecule has 150 valence electrons. The van der Waals surface area contributed by atoms with Gasteiger partial charge < -0.3 is 14.4 Å². The van der Waals surface area contributed by atoms with Crippen LogP contribution >= 0.6 is 11.3 Å². The zero-order valence-electron chi connectivity index (χ0n) is 15.8. The second-order valence-corrected chi connectivity index (χ2v) is 8.05. The van der Waals surface area contributed by atoms with Crippen LogP contribution in [0.25, 0.3) is 10.2 Å². The predicted octanol–water partition coefficient (Wildman–Crippen LogP) is 3.34. The Bertz CT molecular complexity index is 1010. The first-order valence-electron chi connectivity index (χ1n) is 9.00. The molecule has 28 heavy (non-hydrogen) atoms. The molecule has 3 aromatic heterocycles. The number of alkyl halides is 3. The van der Waals surface area contributed by atoms with Gasteiger partial charge in [0.25, 0.3) is 0 Å². The first kappa shape index (κ1) is 18.9. The number of aryl methyl sites for hydroxylation is 1. The van der Waals surface area contributed by atoms with E-state index < -0.39 is 12.0 Å². The first-order valence-corrected chi connectivity index (χ1v) is 9.81. The third kappa shape index (κ3) is 3.27. The Morgan fingerprint density at radius 1 is 1.18 bits per heavy atom. The number of hydrogen-bond acceptors (Lipinski definition) is 7. The van der Waals surface area contributed by atoms with Gasteiger partial charge in [-0.1, -0.05) is 13.3 Å². The van der Waals surface area contributed by atoms with Crippen LogP contribution in [0.1, 0.15) is 29.9 Å². The number of thiophene rings is 1. The van der Waals surface area contributed by atoms with Crippen LogP contribution in [-0.4, -0.2) is 45.4 Å². The quantitative estimate of drug-likeness (QED) is 0.656. The fraction of sp³-hybridized carbons (Fsp3) is 0.529. The van der Waals surface area contributed by atoms with E-state index in [4.69, 9.17) is 4.98 Å². The van der Waals surface area contributed by atoms with Crippen molar-refractivity contribution >= 4 is 33.3 Å². The predicted molar refractivity (Wildman–Crippen MR) is 102 cm³/mol. The molecule has 0 aliphatic carbocycles. The molecule has 1 aliphatic rings. The minimum Gasteiger partial charge on any atom is -0.347 e. The van der Waals surface area contributed by atoms with Crippen LogP contribution in [0.4, 0.5) is 24.9 Å². The minimum absolute atomic E-state index is 0.159. The van der Waals surface area contributed by atoms with Gasteiger partial charge in [-0.3, -0.25) is 0 Å². The summed E-state index contributed by atoms with van der Waals surface area (Å²) in [5, 5.41) is 8.06. The molecule has 0 bridgehead atoms. The van der Waals surface area contributed by atoms with Gasteiger partial charge in [0.15, 0.2) is 5.82 Å². The molecule has 0 aromatic carbocycles. The van der Waals surface area contributed by atoms with Crippen molar-refractivity contribution in [3.63, 3.8) is 0 Å². The number of hydrogen-bond donors (Lipinski definition) is 0. The molecular formula is C17H20F3N7S. The van der Waals surface area contributed by atoms with Gasteiger partial charge in [-0.05, 0) is 12.5 Å². The van der Waals surface area contributed by atoms with Crippen LogP contribution in [0.2, 0.25) is 0 Å². The van der Waals surface area contributed by atoms with Crippen molar-refractivity contribution in [2.75, 3.05) is 30.4 Å². The van der Waals surface area contributed by atoms with E-state index in [0.29, 0.717) is 18.3 Å². The third-order valence-corrected chi connectivity index (χ3v) is 5.70. The summed E-state index contributed by atoms with van der Waals surface area (Å²) in [6.07, 6.45) is -2.51. The summed E-state index contributed by atoms with van der Waals surface area (Å²) in [7, 11) is 3.74. The second-order valence-electron chi connectivity index (χ2n) is 6.93. The lowest BCUT2D eigenvalue weighted by atomic mass is 10.2. The van der Waals surface area contributed by atoms with Gasteiger partial charge in [0.2, 0.25) is 11.8 Å². The summed E-state index contributed by atoms with van der Waals surface area (Å²) in [5.41, 5.74) is 0. The van der Waals surface area contributed by atoms with Gasteiger partial charge in [0.05, 0.1) is 11.9 Å². The number of nitrogens with zero attached hydrogens (tertiary/aromatic N) is 7. The average molecular weight is 411 g/mol. The molecule has 0 amide bonds. The highest BCUT2D eigenvalue weighted by atomic mass is 32.1. The molecule has 4 heterocycles. The van der Waals surface area contributed by atoms with Crippen molar-refractivity contribution in [3.05, 3.63) is 22.6 Å². The highest BCUT2D eigenvalue weighted by Crippen LogP contribution is 2.35. The van der Waals surface area contributed by atoms with E-state index in [1.807, 2.05) is 23.9 Å². The Labute approximate surface area is 163 Å². The molecule has 4 rings (SSSR count). The Hall–Kier alpha value is -2.43. The van der Waals surface area contributed by atoms with Crippen molar-refractivity contribution in [2.45, 2.75) is 39.0 Å². The SMILES string of the molecule is CCCc1cc2c(N3CCn4c(nnc4C(F)(F)F)C3)nc(N(C)C)nc2s1. The van der Waals surface area contributed by atoms with Gasteiger partial charge >= 0.3 is 6.18 Å². The van der Waals surface area contributed by atoms with Crippen LogP contribution in [0.3, 0.4) is 0 Å². The first-order chi connectivity index (χ1) is 13.3. The van der Waals surface area contributed by atoms with Crippen molar-refractivity contribution in [1.82, 2.24) is 24.7 Å². The Kier molecular flexibility index (Phi) is 4.64. The normalized spacial score (nSPS) is 14.6. The molecular weight excluding hydrogens is 391 g/mol. The summed E-state index contributed by atoms with van der Waals surface area (Å²) < 4.78 is 40.4. The summed E-state index contributed by atoms with van der Waals surface area (Å²) >= 11 is 1.64. The molecule has 7 nitrogen and oxygen atoms in total. The van der Waals surface area contributed by atoms with E-state index in [1.54, 1.807) is 11.3 Å². The number of anilines is 2. The Morgan fingerprint density at radius 2 is 1.96 bits per heavy atom. The van der Waals surface area contributed by atoms with Crippen molar-refractivity contribution in [2.24, 2.45) is 0 Å². The van der Waals surface area contributed by atoms with Crippen LogP contribution in [0, 0.1) is 0 Å². The molecule has 11 heteroatoms. The van der Waals surface area contributed by atoms with Crippen LogP contribution < -0.4 is 9.80 Å². The number of rotatable bonds is 4. The van der Waals surface area contributed by atoms with Gasteiger partial charge in [0, 0.05) is 32.1 Å². The molecule has 0 N–H and O–H groups in total. The standard InChI is InChI=1S/C17H20F3N7S/c1-4-5-10-8-11-13(21-16(25(2)3)22-14(11)28-10)26-6-7-27-12(9-26)23-24-15(27)17(18,19)20/h8H,4-7,9H2,1-3H3. The van der Waals surface area contributed by atoms with Gasteiger partial charge in [-0.2, -0.15) is 18.2 Å². The van der Waals surface area contributed by atoms with E-state index in [-0.39, 0.29) is 13.1 Å². The van der Waals surface area contributed by atoms with Gasteiger partial charge in [0.1, 0.15) is 10.6 Å². The maximum atomic E-state index is 13.1. The third-order valence-electron chi connectivity index (χ3n) is 4.61. The zero-order valence-corrected chi connectivity index (χ0v) is 16.6. The van der Waals surface area contributed by atoms with E-state index in [2.05, 4.69) is 28.2 Å². The smallest absolute Gasteiger partial charge is 0.347 e. The van der Waals surface area contributed by atoms with E-state index >= 15 is 0 Å². The lowest BCUT2D eigenvalue weighted by Gasteiger charge is -2.29. The minimum atomic E-state index is -4.50. The van der Waals surface area contributed by atoms with E-state index in [0.717, 1.165) is 33.4 Å². The zero-order chi connectivity index (χ0) is 20.1. The lowest BCUT2D eigenvalue weighted by molar-refractivity contribution is -0.147. The maximum absolute atomic E-state index is 13.1. The molecule has 1 aliphatic heterocycles. The Balaban J connectivity index is 1.75. The second kappa shape index (κ2) is 6.87. The molecule has 3 aromatic rings. The van der Waals surface area contributed by atoms with Crippen LogP contribution in [0.5, 0.6) is 0 Å². The van der Waals surface area contributed by atoms with Crippen molar-refractivity contribution in [1.29, 1.82) is 0 Å². The lowest BCUT2D eigenvalue weighted by Crippen LogP contribution is -2.36. The summed E-state index contributed by atoms with van der Waals surface area (Å²) in [6.45, 7) is 2.90. The fourth-order valence-corrected chi connectivity index (χ4v) is 4.42. The van der Waals surface area contributed by atoms with E-state index in [1.165, 1.54) is 4.88 Å². The van der Waals surface area contributed by atoms with E-state index in [9.17, 15) is 13.2 Å². The molecule has 0 spiro atoms. The summed E-state index contributed by atoms with van der Waals surface area (Å²) in [4.78, 5) is 15.2. The van der Waals surface area contributed by atoms with Gasteiger partial charge in [-0.25, -0.2) is 4.98 Å². The largest absolute Gasteiger partial charge is 0.451 e.